The first kappa shape index (κ1) is 16.3. The van der Waals surface area contributed by atoms with Gasteiger partial charge in [-0.05, 0) is 75.6 Å². The van der Waals surface area contributed by atoms with Crippen molar-refractivity contribution in [3.63, 3.8) is 0 Å². The maximum absolute atomic E-state index is 2.44. The Morgan fingerprint density at radius 1 is 0.609 bits per heavy atom. The van der Waals surface area contributed by atoms with E-state index in [9.17, 15) is 0 Å². The summed E-state index contributed by atoms with van der Waals surface area (Å²) < 4.78 is 0. The van der Waals surface area contributed by atoms with Crippen LogP contribution in [-0.4, -0.2) is 0 Å². The fraction of sp³-hybridized carbons (Fsp3) is 0.478. The highest BCUT2D eigenvalue weighted by molar-refractivity contribution is 5.80. The third kappa shape index (κ3) is 2.73. The molecule has 2 aromatic carbocycles. The molecule has 0 unspecified atom stereocenters. The highest BCUT2D eigenvalue weighted by Gasteiger charge is 2.27. The number of hydrogen-bond donors (Lipinski definition) is 0. The van der Waals surface area contributed by atoms with E-state index in [1.165, 1.54) is 44.5 Å². The zero-order chi connectivity index (χ0) is 17.2. The van der Waals surface area contributed by atoms with E-state index in [0.29, 0.717) is 0 Å². The molecule has 3 rings (SSSR count). The highest BCUT2D eigenvalue weighted by atomic mass is 14.3. The zero-order valence-corrected chi connectivity index (χ0v) is 16.0. The highest BCUT2D eigenvalue weighted by Crippen LogP contribution is 2.44. The van der Waals surface area contributed by atoms with E-state index in [1.807, 2.05) is 0 Å². The van der Waals surface area contributed by atoms with Gasteiger partial charge in [0, 0.05) is 0 Å². The minimum Gasteiger partial charge on any atom is -0.0561 e. The van der Waals surface area contributed by atoms with Gasteiger partial charge in [0.15, 0.2) is 0 Å². The molecule has 0 saturated carbocycles. The van der Waals surface area contributed by atoms with Crippen molar-refractivity contribution in [2.45, 2.75) is 72.6 Å². The van der Waals surface area contributed by atoms with Crippen molar-refractivity contribution in [1.29, 1.82) is 0 Å². The summed E-state index contributed by atoms with van der Waals surface area (Å²) in [6.07, 6.45) is 1.09. The van der Waals surface area contributed by atoms with Crippen LogP contribution in [0.4, 0.5) is 0 Å². The van der Waals surface area contributed by atoms with Gasteiger partial charge in [-0.25, -0.2) is 0 Å². The Labute approximate surface area is 141 Å². The van der Waals surface area contributed by atoms with Crippen molar-refractivity contribution >= 4 is 0 Å². The smallest absolute Gasteiger partial charge is 0.000819 e. The molecule has 0 fully saturated rings. The second kappa shape index (κ2) is 4.97. The third-order valence-corrected chi connectivity index (χ3v) is 5.32. The Kier molecular flexibility index (Phi) is 3.52. The second-order valence-electron chi connectivity index (χ2n) is 9.32. The van der Waals surface area contributed by atoms with Crippen molar-refractivity contribution < 1.29 is 0 Å². The molecule has 0 aromatic heterocycles. The summed E-state index contributed by atoms with van der Waals surface area (Å²) in [5, 5.41) is 0. The molecule has 1 aliphatic rings. The topological polar surface area (TPSA) is 0 Å². The maximum Gasteiger partial charge on any atom is -0.000819 e. The molecule has 0 amide bonds. The maximum atomic E-state index is 2.44. The number of rotatable bonds is 0. The molecule has 1 aliphatic carbocycles. The van der Waals surface area contributed by atoms with E-state index >= 15 is 0 Å². The first-order valence-corrected chi connectivity index (χ1v) is 8.77. The van der Waals surface area contributed by atoms with Gasteiger partial charge in [-0.15, -0.1) is 0 Å². The monoisotopic (exact) mass is 306 g/mol. The summed E-state index contributed by atoms with van der Waals surface area (Å²) in [6, 6.07) is 9.68. The Bertz CT molecular complexity index is 710. The van der Waals surface area contributed by atoms with Crippen LogP contribution in [-0.2, 0) is 17.3 Å². The Morgan fingerprint density at radius 2 is 0.957 bits per heavy atom. The summed E-state index contributed by atoms with van der Waals surface area (Å²) >= 11 is 0. The molecule has 0 radical (unpaired) electrons. The van der Waals surface area contributed by atoms with Crippen molar-refractivity contribution in [3.05, 3.63) is 57.6 Å². The molecule has 0 bridgehead atoms. The van der Waals surface area contributed by atoms with Crippen LogP contribution in [0, 0.1) is 13.8 Å². The predicted molar refractivity (Wildman–Crippen MR) is 102 cm³/mol. The molecule has 0 spiro atoms. The lowest BCUT2D eigenvalue weighted by Gasteiger charge is -2.23. The third-order valence-electron chi connectivity index (χ3n) is 5.32. The normalized spacial score (nSPS) is 13.9. The average Bonchev–Trinajstić information content (AvgIpc) is 2.77. The largest absolute Gasteiger partial charge is 0.0561 e. The number of fused-ring (bicyclic) bond motifs is 3. The van der Waals surface area contributed by atoms with Crippen LogP contribution in [0.25, 0.3) is 11.1 Å². The predicted octanol–water partition coefficient (Wildman–Crippen LogP) is 6.47. The molecule has 0 nitrogen and oxygen atoms in total. The zero-order valence-electron chi connectivity index (χ0n) is 16.0. The Balaban J connectivity index is 2.27. The van der Waals surface area contributed by atoms with E-state index in [0.717, 1.165) is 6.42 Å². The molecule has 23 heavy (non-hydrogen) atoms. The summed E-state index contributed by atoms with van der Waals surface area (Å²) in [7, 11) is 0. The molecular formula is C23H30. The fourth-order valence-corrected chi connectivity index (χ4v) is 3.63. The van der Waals surface area contributed by atoms with Crippen LogP contribution in [0.5, 0.6) is 0 Å². The van der Waals surface area contributed by atoms with Gasteiger partial charge in [-0.3, -0.25) is 0 Å². The van der Waals surface area contributed by atoms with Gasteiger partial charge < -0.3 is 0 Å². The molecule has 0 N–H and O–H groups in total. The minimum atomic E-state index is 0.194. The standard InChI is InChI=1S/C23H30/c1-14-9-16(22(3,4)5)11-20-18(14)13-19-15(2)10-17(12-21(19)20)23(6,7)8/h9-12H,13H2,1-8H3. The first-order valence-electron chi connectivity index (χ1n) is 8.77. The fourth-order valence-electron chi connectivity index (χ4n) is 3.63. The van der Waals surface area contributed by atoms with Gasteiger partial charge in [0.05, 0.1) is 0 Å². The van der Waals surface area contributed by atoms with Gasteiger partial charge in [0.2, 0.25) is 0 Å². The van der Waals surface area contributed by atoms with Crippen LogP contribution in [0.15, 0.2) is 24.3 Å². The molecule has 0 aliphatic heterocycles. The van der Waals surface area contributed by atoms with E-state index in [2.05, 4.69) is 79.7 Å². The summed E-state index contributed by atoms with van der Waals surface area (Å²) in [6.45, 7) is 18.4. The van der Waals surface area contributed by atoms with E-state index in [1.54, 1.807) is 0 Å². The van der Waals surface area contributed by atoms with Gasteiger partial charge >= 0.3 is 0 Å². The van der Waals surface area contributed by atoms with E-state index < -0.39 is 0 Å². The molecule has 0 heterocycles. The SMILES string of the molecule is Cc1cc(C(C)(C)C)cc2c1Cc1c(C)cc(C(C)(C)C)cc1-2. The van der Waals surface area contributed by atoms with Crippen LogP contribution in [0.3, 0.4) is 0 Å². The molecule has 0 atom stereocenters. The van der Waals surface area contributed by atoms with Crippen LogP contribution < -0.4 is 0 Å². The van der Waals surface area contributed by atoms with Crippen molar-refractivity contribution in [3.8, 4) is 11.1 Å². The van der Waals surface area contributed by atoms with Crippen molar-refractivity contribution in [1.82, 2.24) is 0 Å². The molecule has 0 saturated heterocycles. The van der Waals surface area contributed by atoms with Crippen molar-refractivity contribution in [2.24, 2.45) is 0 Å². The van der Waals surface area contributed by atoms with E-state index in [4.69, 9.17) is 0 Å². The van der Waals surface area contributed by atoms with Crippen LogP contribution in [0.2, 0.25) is 0 Å². The Hall–Kier alpha value is -1.56. The average molecular weight is 306 g/mol. The van der Waals surface area contributed by atoms with Gasteiger partial charge in [0.25, 0.3) is 0 Å². The summed E-state index contributed by atoms with van der Waals surface area (Å²) in [5.74, 6) is 0. The number of aryl methyl sites for hydroxylation is 2. The van der Waals surface area contributed by atoms with Gasteiger partial charge in [0.1, 0.15) is 0 Å². The van der Waals surface area contributed by atoms with Gasteiger partial charge in [-0.2, -0.15) is 0 Å². The lowest BCUT2D eigenvalue weighted by molar-refractivity contribution is 0.589. The van der Waals surface area contributed by atoms with Crippen LogP contribution >= 0.6 is 0 Å². The summed E-state index contributed by atoms with van der Waals surface area (Å²) in [5.41, 5.74) is 12.2. The number of benzene rings is 2. The Morgan fingerprint density at radius 3 is 1.26 bits per heavy atom. The van der Waals surface area contributed by atoms with Gasteiger partial charge in [-0.1, -0.05) is 65.8 Å². The second-order valence-corrected chi connectivity index (χ2v) is 9.32. The quantitative estimate of drug-likeness (QED) is 0.446. The molecule has 122 valence electrons. The van der Waals surface area contributed by atoms with Crippen LogP contribution in [0.1, 0.15) is 74.9 Å². The lowest BCUT2D eigenvalue weighted by atomic mass is 9.82. The first-order chi connectivity index (χ1) is 10.5. The lowest BCUT2D eigenvalue weighted by Crippen LogP contribution is -2.12. The van der Waals surface area contributed by atoms with E-state index in [-0.39, 0.29) is 10.8 Å². The molecule has 2 aromatic rings. The van der Waals surface area contributed by atoms with Crippen molar-refractivity contribution in [2.75, 3.05) is 0 Å². The minimum absolute atomic E-state index is 0.194. The molecular weight excluding hydrogens is 276 g/mol. The number of hydrogen-bond acceptors (Lipinski definition) is 0. The molecule has 0 heteroatoms. The summed E-state index contributed by atoms with van der Waals surface area (Å²) in [4.78, 5) is 0.